The van der Waals surface area contributed by atoms with Crippen LogP contribution in [0.2, 0.25) is 0 Å². The molecule has 1 saturated carbocycles. The minimum absolute atomic E-state index is 0.233. The molecule has 2 fully saturated rings. The lowest BCUT2D eigenvalue weighted by Crippen LogP contribution is -2.51. The number of fused-ring (bicyclic) bond motifs is 1. The fraction of sp³-hybridized carbons (Fsp3) is 0.526. The standard InChI is InChI=1S/C19H25N5O/c25-19(23-11-3-5-15-4-1-2-6-18(15)23)12-21-16-7-9-17(10-8-16)24-14-20-13-22-24/h7-10,13-15,18,21H,1-6,11-12H2/t15-,18-/m0/s1. The van der Waals surface area contributed by atoms with Crippen LogP contribution in [-0.4, -0.2) is 44.7 Å². The Morgan fingerprint density at radius 2 is 1.92 bits per heavy atom. The highest BCUT2D eigenvalue weighted by Gasteiger charge is 2.35. The van der Waals surface area contributed by atoms with E-state index < -0.39 is 0 Å². The van der Waals surface area contributed by atoms with Gasteiger partial charge >= 0.3 is 0 Å². The molecule has 2 aliphatic rings. The van der Waals surface area contributed by atoms with E-state index in [4.69, 9.17) is 0 Å². The lowest BCUT2D eigenvalue weighted by molar-refractivity contribution is -0.135. The zero-order chi connectivity index (χ0) is 17.1. The molecule has 0 bridgehead atoms. The van der Waals surface area contributed by atoms with Gasteiger partial charge in [0.05, 0.1) is 12.2 Å². The predicted octanol–water partition coefficient (Wildman–Crippen LogP) is 2.86. The summed E-state index contributed by atoms with van der Waals surface area (Å²) in [5, 5.41) is 7.39. The number of hydrogen-bond donors (Lipinski definition) is 1. The quantitative estimate of drug-likeness (QED) is 0.930. The topological polar surface area (TPSA) is 63.1 Å². The van der Waals surface area contributed by atoms with Crippen molar-refractivity contribution in [1.29, 1.82) is 0 Å². The second kappa shape index (κ2) is 7.25. The number of nitrogens with zero attached hydrogens (tertiary/aromatic N) is 4. The number of piperidine rings is 1. The van der Waals surface area contributed by atoms with Gasteiger partial charge < -0.3 is 10.2 Å². The third kappa shape index (κ3) is 3.52. The Labute approximate surface area is 148 Å². The minimum Gasteiger partial charge on any atom is -0.376 e. The SMILES string of the molecule is O=C(CNc1ccc(-n2cncn2)cc1)N1CCC[C@@H]2CCCC[C@@H]21. The van der Waals surface area contributed by atoms with Crippen LogP contribution >= 0.6 is 0 Å². The Morgan fingerprint density at radius 1 is 1.12 bits per heavy atom. The van der Waals surface area contributed by atoms with E-state index in [1.165, 1.54) is 38.4 Å². The van der Waals surface area contributed by atoms with Crippen molar-refractivity contribution in [2.24, 2.45) is 5.92 Å². The molecule has 2 heterocycles. The number of amides is 1. The van der Waals surface area contributed by atoms with E-state index >= 15 is 0 Å². The Balaban J connectivity index is 1.35. The van der Waals surface area contributed by atoms with Crippen LogP contribution in [0.25, 0.3) is 5.69 Å². The van der Waals surface area contributed by atoms with Crippen LogP contribution in [0.1, 0.15) is 38.5 Å². The molecule has 1 N–H and O–H groups in total. The van der Waals surface area contributed by atoms with Crippen molar-refractivity contribution >= 4 is 11.6 Å². The number of carbonyl (C=O) groups excluding carboxylic acids is 1. The van der Waals surface area contributed by atoms with Crippen LogP contribution < -0.4 is 5.32 Å². The summed E-state index contributed by atoms with van der Waals surface area (Å²) in [7, 11) is 0. The molecule has 6 heteroatoms. The maximum Gasteiger partial charge on any atom is 0.242 e. The van der Waals surface area contributed by atoms with Crippen LogP contribution in [0, 0.1) is 5.92 Å². The first-order chi connectivity index (χ1) is 12.3. The third-order valence-electron chi connectivity index (χ3n) is 5.56. The van der Waals surface area contributed by atoms with E-state index in [-0.39, 0.29) is 5.91 Å². The Hall–Kier alpha value is -2.37. The van der Waals surface area contributed by atoms with E-state index in [0.29, 0.717) is 12.6 Å². The maximum absolute atomic E-state index is 12.7. The number of anilines is 1. The van der Waals surface area contributed by atoms with Crippen LogP contribution in [-0.2, 0) is 4.79 Å². The molecule has 2 atom stereocenters. The van der Waals surface area contributed by atoms with Gasteiger partial charge in [0.25, 0.3) is 0 Å². The van der Waals surface area contributed by atoms with Gasteiger partial charge in [-0.1, -0.05) is 12.8 Å². The molecule has 25 heavy (non-hydrogen) atoms. The lowest BCUT2D eigenvalue weighted by atomic mass is 9.78. The first kappa shape index (κ1) is 16.1. The molecular formula is C19H25N5O. The number of benzene rings is 1. The highest BCUT2D eigenvalue weighted by Crippen LogP contribution is 2.35. The van der Waals surface area contributed by atoms with E-state index in [2.05, 4.69) is 20.3 Å². The van der Waals surface area contributed by atoms with Crippen LogP contribution in [0.3, 0.4) is 0 Å². The average Bonchev–Trinajstić information content (AvgIpc) is 3.21. The van der Waals surface area contributed by atoms with Crippen molar-refractivity contribution in [3.8, 4) is 5.69 Å². The van der Waals surface area contributed by atoms with Crippen molar-refractivity contribution in [2.75, 3.05) is 18.4 Å². The van der Waals surface area contributed by atoms with Gasteiger partial charge in [-0.2, -0.15) is 5.10 Å². The van der Waals surface area contributed by atoms with Crippen LogP contribution in [0.15, 0.2) is 36.9 Å². The fourth-order valence-corrected chi connectivity index (χ4v) is 4.29. The lowest BCUT2D eigenvalue weighted by Gasteiger charge is -2.44. The Bertz CT molecular complexity index is 695. The molecule has 1 aromatic heterocycles. The molecule has 0 spiro atoms. The molecule has 6 nitrogen and oxygen atoms in total. The summed E-state index contributed by atoms with van der Waals surface area (Å²) in [6, 6.07) is 8.37. The molecule has 2 aromatic rings. The highest BCUT2D eigenvalue weighted by atomic mass is 16.2. The fourth-order valence-electron chi connectivity index (χ4n) is 4.29. The van der Waals surface area contributed by atoms with Gasteiger partial charge in [-0.05, 0) is 55.9 Å². The maximum atomic E-state index is 12.7. The zero-order valence-electron chi connectivity index (χ0n) is 14.5. The third-order valence-corrected chi connectivity index (χ3v) is 5.56. The zero-order valence-corrected chi connectivity index (χ0v) is 14.5. The molecule has 4 rings (SSSR count). The van der Waals surface area contributed by atoms with Gasteiger partial charge in [-0.15, -0.1) is 0 Å². The monoisotopic (exact) mass is 339 g/mol. The molecule has 1 amide bonds. The molecule has 1 aliphatic carbocycles. The first-order valence-corrected chi connectivity index (χ1v) is 9.30. The van der Waals surface area contributed by atoms with Crippen molar-refractivity contribution < 1.29 is 4.79 Å². The normalized spacial score (nSPS) is 23.1. The number of aromatic nitrogens is 3. The van der Waals surface area contributed by atoms with E-state index in [0.717, 1.165) is 30.3 Å². The molecule has 1 aliphatic heterocycles. The van der Waals surface area contributed by atoms with E-state index in [1.54, 1.807) is 11.0 Å². The van der Waals surface area contributed by atoms with Gasteiger partial charge in [-0.25, -0.2) is 9.67 Å². The summed E-state index contributed by atoms with van der Waals surface area (Å²) < 4.78 is 1.71. The van der Waals surface area contributed by atoms with Gasteiger partial charge in [0, 0.05) is 18.3 Å². The summed E-state index contributed by atoms with van der Waals surface area (Å²) in [4.78, 5) is 18.8. The van der Waals surface area contributed by atoms with Gasteiger partial charge in [0.1, 0.15) is 12.7 Å². The van der Waals surface area contributed by atoms with Crippen molar-refractivity contribution in [3.63, 3.8) is 0 Å². The average molecular weight is 339 g/mol. The van der Waals surface area contributed by atoms with Gasteiger partial charge in [-0.3, -0.25) is 4.79 Å². The summed E-state index contributed by atoms with van der Waals surface area (Å²) in [6.45, 7) is 1.29. The second-order valence-corrected chi connectivity index (χ2v) is 7.08. The molecule has 1 aromatic carbocycles. The largest absolute Gasteiger partial charge is 0.376 e. The number of hydrogen-bond acceptors (Lipinski definition) is 4. The number of likely N-dealkylation sites (tertiary alicyclic amines) is 1. The number of rotatable bonds is 4. The summed E-state index contributed by atoms with van der Waals surface area (Å²) >= 11 is 0. The van der Waals surface area contributed by atoms with Crippen molar-refractivity contribution in [3.05, 3.63) is 36.9 Å². The minimum atomic E-state index is 0.233. The molecular weight excluding hydrogens is 314 g/mol. The van der Waals surface area contributed by atoms with Crippen LogP contribution in [0.4, 0.5) is 5.69 Å². The first-order valence-electron chi connectivity index (χ1n) is 9.30. The number of carbonyl (C=O) groups is 1. The smallest absolute Gasteiger partial charge is 0.242 e. The Morgan fingerprint density at radius 3 is 2.72 bits per heavy atom. The van der Waals surface area contributed by atoms with Crippen molar-refractivity contribution in [1.82, 2.24) is 19.7 Å². The summed E-state index contributed by atoms with van der Waals surface area (Å²) in [5.74, 6) is 0.963. The van der Waals surface area contributed by atoms with Gasteiger partial charge in [0.15, 0.2) is 0 Å². The van der Waals surface area contributed by atoms with Gasteiger partial charge in [0.2, 0.25) is 5.91 Å². The molecule has 0 unspecified atom stereocenters. The molecule has 1 saturated heterocycles. The summed E-state index contributed by atoms with van der Waals surface area (Å²) in [5.41, 5.74) is 1.91. The molecule has 0 radical (unpaired) electrons. The second-order valence-electron chi connectivity index (χ2n) is 7.08. The highest BCUT2D eigenvalue weighted by molar-refractivity contribution is 5.81. The predicted molar refractivity (Wildman–Crippen MR) is 96.5 cm³/mol. The molecule has 132 valence electrons. The summed E-state index contributed by atoms with van der Waals surface area (Å²) in [6.07, 6.45) is 10.7. The van der Waals surface area contributed by atoms with E-state index in [1.807, 2.05) is 24.3 Å². The van der Waals surface area contributed by atoms with Crippen molar-refractivity contribution in [2.45, 2.75) is 44.6 Å². The van der Waals surface area contributed by atoms with Crippen LogP contribution in [0.5, 0.6) is 0 Å². The van der Waals surface area contributed by atoms with E-state index in [9.17, 15) is 4.79 Å². The number of nitrogens with one attached hydrogen (secondary N) is 1. The Kier molecular flexibility index (Phi) is 4.68.